The fourth-order valence-electron chi connectivity index (χ4n) is 2.06. The van der Waals surface area contributed by atoms with Gasteiger partial charge in [-0.1, -0.05) is 19.6 Å². The number of hydrazine groups is 1. The molecular weight excluding hydrogens is 294 g/mol. The maximum atomic E-state index is 5.59. The van der Waals surface area contributed by atoms with Crippen LogP contribution < -0.4 is 11.3 Å². The Morgan fingerprint density at radius 2 is 2.18 bits per heavy atom. The molecule has 0 amide bonds. The van der Waals surface area contributed by atoms with Crippen LogP contribution in [0.4, 0.5) is 0 Å². The molecule has 0 saturated heterocycles. The van der Waals surface area contributed by atoms with Gasteiger partial charge in [-0.3, -0.25) is 5.10 Å². The van der Waals surface area contributed by atoms with Crippen LogP contribution in [0.5, 0.6) is 0 Å². The number of nitrogens with one attached hydrogen (secondary N) is 2. The zero-order valence-corrected chi connectivity index (χ0v) is 14.7. The Morgan fingerprint density at radius 3 is 2.86 bits per heavy atom. The quantitative estimate of drug-likeness (QED) is 0.190. The number of rotatable bonds is 6. The molecule has 1 aromatic carbocycles. The van der Waals surface area contributed by atoms with Gasteiger partial charge in [-0.15, -0.1) is 0 Å². The molecule has 0 fully saturated rings. The van der Waals surface area contributed by atoms with E-state index in [-0.39, 0.29) is 0 Å². The van der Waals surface area contributed by atoms with Crippen LogP contribution in [0.2, 0.25) is 25.7 Å². The Hall–Kier alpha value is -1.70. The van der Waals surface area contributed by atoms with Gasteiger partial charge in [0.1, 0.15) is 12.6 Å². The van der Waals surface area contributed by atoms with Gasteiger partial charge in [0, 0.05) is 31.3 Å². The lowest BCUT2D eigenvalue weighted by Gasteiger charge is -2.14. The number of hydrogen-bond acceptors (Lipinski definition) is 4. The normalized spacial score (nSPS) is 12.9. The van der Waals surface area contributed by atoms with E-state index in [0.717, 1.165) is 34.8 Å². The molecule has 22 heavy (non-hydrogen) atoms. The first kappa shape index (κ1) is 16.7. The van der Waals surface area contributed by atoms with Crippen LogP contribution in [0.15, 0.2) is 23.2 Å². The highest BCUT2D eigenvalue weighted by Gasteiger charge is 2.12. The minimum atomic E-state index is -1.06. The molecule has 7 heteroatoms. The first-order valence-corrected chi connectivity index (χ1v) is 11.2. The highest BCUT2D eigenvalue weighted by atomic mass is 28.3. The third kappa shape index (κ3) is 4.39. The molecule has 0 spiro atoms. The lowest BCUT2D eigenvalue weighted by molar-refractivity contribution is 0.155. The van der Waals surface area contributed by atoms with Crippen molar-refractivity contribution in [3.8, 4) is 0 Å². The third-order valence-corrected chi connectivity index (χ3v) is 5.17. The maximum absolute atomic E-state index is 5.59. The van der Waals surface area contributed by atoms with Gasteiger partial charge in [0.05, 0.1) is 5.52 Å². The van der Waals surface area contributed by atoms with Crippen LogP contribution in [0.1, 0.15) is 11.3 Å². The Balaban J connectivity index is 2.02. The van der Waals surface area contributed by atoms with Gasteiger partial charge in [-0.05, 0) is 31.2 Å². The van der Waals surface area contributed by atoms with E-state index in [1.165, 1.54) is 0 Å². The predicted molar refractivity (Wildman–Crippen MR) is 93.7 cm³/mol. The summed E-state index contributed by atoms with van der Waals surface area (Å²) < 4.78 is 5.59. The largest absolute Gasteiger partial charge is 0.360 e. The molecule has 0 atom stereocenters. The summed E-state index contributed by atoms with van der Waals surface area (Å²) in [6.07, 6.45) is 0. The number of ether oxygens (including phenoxy) is 1. The standard InChI is InChI=1S/C15H25N5OSi/c1-11-13-9-12(5-6-14(13)20-19-11)15(18-16)17-10-21-7-8-22(2,3)4/h5-6,9H,7-8,10,16H2,1-4H3,(H,17,18)(H,19,20). The number of nitrogens with two attached hydrogens (primary N) is 1. The Morgan fingerprint density at radius 1 is 1.41 bits per heavy atom. The molecule has 0 radical (unpaired) electrons. The van der Waals surface area contributed by atoms with Gasteiger partial charge in [-0.25, -0.2) is 10.8 Å². The molecule has 0 aliphatic carbocycles. The number of aromatic amines is 1. The molecule has 2 rings (SSSR count). The molecule has 0 unspecified atom stereocenters. The molecule has 2 aromatic rings. The monoisotopic (exact) mass is 319 g/mol. The Labute approximate surface area is 132 Å². The molecular formula is C15H25N5OSi. The van der Waals surface area contributed by atoms with Crippen LogP contribution in [-0.4, -0.2) is 37.4 Å². The van der Waals surface area contributed by atoms with Gasteiger partial charge in [-0.2, -0.15) is 5.10 Å². The average Bonchev–Trinajstić information content (AvgIpc) is 2.83. The lowest BCUT2D eigenvalue weighted by atomic mass is 10.1. The zero-order valence-electron chi connectivity index (χ0n) is 13.7. The van der Waals surface area contributed by atoms with Crippen molar-refractivity contribution >= 4 is 24.8 Å². The zero-order chi connectivity index (χ0) is 16.2. The van der Waals surface area contributed by atoms with Crippen LogP contribution >= 0.6 is 0 Å². The van der Waals surface area contributed by atoms with E-state index in [1.807, 2.05) is 25.1 Å². The van der Waals surface area contributed by atoms with Crippen molar-refractivity contribution in [2.24, 2.45) is 10.8 Å². The summed E-state index contributed by atoms with van der Waals surface area (Å²) >= 11 is 0. The van der Waals surface area contributed by atoms with Crippen LogP contribution in [0.3, 0.4) is 0 Å². The molecule has 6 nitrogen and oxygen atoms in total. The second kappa shape index (κ2) is 7.04. The summed E-state index contributed by atoms with van der Waals surface area (Å²) in [5.41, 5.74) is 5.54. The number of aliphatic imine (C=N–C) groups is 1. The highest BCUT2D eigenvalue weighted by Crippen LogP contribution is 2.17. The number of benzene rings is 1. The minimum absolute atomic E-state index is 0.312. The van der Waals surface area contributed by atoms with Crippen molar-refractivity contribution in [1.82, 2.24) is 15.6 Å². The van der Waals surface area contributed by atoms with Crippen molar-refractivity contribution in [1.29, 1.82) is 0 Å². The summed E-state index contributed by atoms with van der Waals surface area (Å²) in [6.45, 7) is 10.0. The first-order chi connectivity index (χ1) is 10.4. The average molecular weight is 319 g/mol. The molecule has 1 aromatic heterocycles. The van der Waals surface area contributed by atoms with E-state index in [9.17, 15) is 0 Å². The van der Waals surface area contributed by atoms with Crippen LogP contribution in [-0.2, 0) is 4.74 Å². The van der Waals surface area contributed by atoms with Gasteiger partial charge in [0.25, 0.3) is 0 Å². The summed E-state index contributed by atoms with van der Waals surface area (Å²) in [5, 5.41) is 8.26. The molecule has 120 valence electrons. The van der Waals surface area contributed by atoms with Crippen molar-refractivity contribution in [3.63, 3.8) is 0 Å². The third-order valence-electron chi connectivity index (χ3n) is 3.47. The number of hydrogen-bond donors (Lipinski definition) is 3. The molecule has 0 aliphatic heterocycles. The maximum Gasteiger partial charge on any atom is 0.144 e. The van der Waals surface area contributed by atoms with E-state index in [1.54, 1.807) is 0 Å². The van der Waals surface area contributed by atoms with E-state index in [0.29, 0.717) is 12.6 Å². The number of aromatic nitrogens is 2. The van der Waals surface area contributed by atoms with Crippen molar-refractivity contribution in [3.05, 3.63) is 29.5 Å². The van der Waals surface area contributed by atoms with E-state index in [4.69, 9.17) is 10.6 Å². The Kier molecular flexibility index (Phi) is 5.33. The smallest absolute Gasteiger partial charge is 0.144 e. The minimum Gasteiger partial charge on any atom is -0.360 e. The van der Waals surface area contributed by atoms with Gasteiger partial charge in [0.2, 0.25) is 0 Å². The van der Waals surface area contributed by atoms with E-state index in [2.05, 4.69) is 40.3 Å². The Bertz CT molecular complexity index is 659. The summed E-state index contributed by atoms with van der Waals surface area (Å²) in [6, 6.07) is 7.06. The topological polar surface area (TPSA) is 88.3 Å². The second-order valence-electron chi connectivity index (χ2n) is 6.58. The number of fused-ring (bicyclic) bond motifs is 1. The number of aryl methyl sites for hydroxylation is 1. The fraction of sp³-hybridized carbons (Fsp3) is 0.467. The molecule has 0 aliphatic rings. The van der Waals surface area contributed by atoms with Gasteiger partial charge < -0.3 is 10.2 Å². The first-order valence-electron chi connectivity index (χ1n) is 7.44. The molecule has 1 heterocycles. The fourth-order valence-corrected chi connectivity index (χ4v) is 2.82. The van der Waals surface area contributed by atoms with E-state index >= 15 is 0 Å². The summed E-state index contributed by atoms with van der Waals surface area (Å²) in [4.78, 5) is 4.40. The number of nitrogens with zero attached hydrogens (tertiary/aromatic N) is 2. The summed E-state index contributed by atoms with van der Waals surface area (Å²) in [5.74, 6) is 6.21. The summed E-state index contributed by atoms with van der Waals surface area (Å²) in [7, 11) is -1.06. The lowest BCUT2D eigenvalue weighted by Crippen LogP contribution is -2.31. The molecule has 0 bridgehead atoms. The van der Waals surface area contributed by atoms with Gasteiger partial charge >= 0.3 is 0 Å². The predicted octanol–water partition coefficient (Wildman–Crippen LogP) is 2.39. The van der Waals surface area contributed by atoms with Crippen molar-refractivity contribution < 1.29 is 4.74 Å². The molecule has 4 N–H and O–H groups in total. The number of H-pyrrole nitrogens is 1. The van der Waals surface area contributed by atoms with Crippen LogP contribution in [0.25, 0.3) is 10.9 Å². The van der Waals surface area contributed by atoms with Crippen LogP contribution in [0, 0.1) is 6.92 Å². The SMILES string of the molecule is Cc1[nH]nc2ccc(C(=NCOCC[Si](C)(C)C)NN)cc12. The van der Waals surface area contributed by atoms with Crippen molar-refractivity contribution in [2.75, 3.05) is 13.3 Å². The van der Waals surface area contributed by atoms with Crippen molar-refractivity contribution in [2.45, 2.75) is 32.6 Å². The van der Waals surface area contributed by atoms with Gasteiger partial charge in [0.15, 0.2) is 0 Å². The highest BCUT2D eigenvalue weighted by molar-refractivity contribution is 6.76. The number of amidine groups is 1. The van der Waals surface area contributed by atoms with E-state index < -0.39 is 8.07 Å². The second-order valence-corrected chi connectivity index (χ2v) is 12.2. The molecule has 0 saturated carbocycles.